The first-order chi connectivity index (χ1) is 8.76. The minimum Gasteiger partial charge on any atom is -0.423 e. The highest BCUT2D eigenvalue weighted by Gasteiger charge is 2.12. The van der Waals surface area contributed by atoms with Crippen molar-refractivity contribution in [2.45, 2.75) is 13.8 Å². The van der Waals surface area contributed by atoms with E-state index < -0.39 is 0 Å². The molecule has 2 rings (SSSR count). The molecule has 0 fully saturated rings. The van der Waals surface area contributed by atoms with Gasteiger partial charge in [0.25, 0.3) is 5.91 Å². The number of rotatable bonds is 4. The van der Waals surface area contributed by atoms with Crippen LogP contribution in [0.5, 0.6) is 0 Å². The molecule has 0 bridgehead atoms. The van der Waals surface area contributed by atoms with Gasteiger partial charge in [-0.05, 0) is 38.1 Å². The minimum absolute atomic E-state index is 0.0390. The normalized spacial score (nSPS) is 10.3. The van der Waals surface area contributed by atoms with Gasteiger partial charge in [0.2, 0.25) is 12.3 Å². The second-order valence-corrected chi connectivity index (χ2v) is 3.80. The van der Waals surface area contributed by atoms with Crippen LogP contribution >= 0.6 is 0 Å². The third-order valence-corrected chi connectivity index (χ3v) is 2.79. The Morgan fingerprint density at radius 3 is 2.39 bits per heavy atom. The fourth-order valence-electron chi connectivity index (χ4n) is 1.75. The van der Waals surface area contributed by atoms with Gasteiger partial charge in [-0.3, -0.25) is 4.79 Å². The molecule has 1 aromatic heterocycles. The van der Waals surface area contributed by atoms with Crippen LogP contribution in [0.1, 0.15) is 24.2 Å². The van der Waals surface area contributed by atoms with Crippen LogP contribution in [0, 0.1) is 0 Å². The predicted molar refractivity (Wildman–Crippen MR) is 67.0 cm³/mol. The third kappa shape index (κ3) is 2.40. The van der Waals surface area contributed by atoms with Gasteiger partial charge < -0.3 is 9.32 Å². The van der Waals surface area contributed by atoms with Gasteiger partial charge in [0.1, 0.15) is 0 Å². The van der Waals surface area contributed by atoms with Crippen molar-refractivity contribution in [3.05, 3.63) is 36.2 Å². The summed E-state index contributed by atoms with van der Waals surface area (Å²) in [5, 5.41) is 7.44. The van der Waals surface area contributed by atoms with Crippen molar-refractivity contribution in [3.63, 3.8) is 0 Å². The maximum atomic E-state index is 12.1. The van der Waals surface area contributed by atoms with Crippen LogP contribution in [-0.4, -0.2) is 34.1 Å². The van der Waals surface area contributed by atoms with Crippen LogP contribution in [0.2, 0.25) is 0 Å². The molecule has 1 aromatic carbocycles. The molecule has 0 saturated carbocycles. The summed E-state index contributed by atoms with van der Waals surface area (Å²) in [5.41, 5.74) is 1.48. The fourth-order valence-corrected chi connectivity index (χ4v) is 1.75. The van der Waals surface area contributed by atoms with E-state index in [9.17, 15) is 4.79 Å². The molecule has 0 spiro atoms. The molecule has 0 atom stereocenters. The SMILES string of the molecule is CCN(CC)C(=O)c1ccc(-c2nnco2)cc1. The highest BCUT2D eigenvalue weighted by molar-refractivity contribution is 5.94. The lowest BCUT2D eigenvalue weighted by molar-refractivity contribution is 0.0773. The Balaban J connectivity index is 2.20. The summed E-state index contributed by atoms with van der Waals surface area (Å²) in [6, 6.07) is 7.18. The number of hydrogen-bond donors (Lipinski definition) is 0. The van der Waals surface area contributed by atoms with Gasteiger partial charge in [0.15, 0.2) is 0 Å². The highest BCUT2D eigenvalue weighted by Crippen LogP contribution is 2.17. The number of aromatic nitrogens is 2. The molecule has 2 aromatic rings. The second-order valence-electron chi connectivity index (χ2n) is 3.80. The van der Waals surface area contributed by atoms with Crippen LogP contribution in [0.15, 0.2) is 35.1 Å². The average Bonchev–Trinajstić information content (AvgIpc) is 2.94. The Labute approximate surface area is 105 Å². The second kappa shape index (κ2) is 5.44. The van der Waals surface area contributed by atoms with Gasteiger partial charge in [0, 0.05) is 24.2 Å². The van der Waals surface area contributed by atoms with Crippen LogP contribution in [-0.2, 0) is 0 Å². The van der Waals surface area contributed by atoms with E-state index in [-0.39, 0.29) is 5.91 Å². The third-order valence-electron chi connectivity index (χ3n) is 2.79. The lowest BCUT2D eigenvalue weighted by Crippen LogP contribution is -2.30. The summed E-state index contributed by atoms with van der Waals surface area (Å²) in [6.07, 6.45) is 1.28. The molecule has 94 valence electrons. The number of amides is 1. The molecule has 0 radical (unpaired) electrons. The smallest absolute Gasteiger partial charge is 0.253 e. The van der Waals surface area contributed by atoms with E-state index in [1.807, 2.05) is 26.0 Å². The van der Waals surface area contributed by atoms with Crippen molar-refractivity contribution in [2.24, 2.45) is 0 Å². The van der Waals surface area contributed by atoms with Gasteiger partial charge in [-0.25, -0.2) is 0 Å². The molecule has 0 N–H and O–H groups in total. The molecule has 1 amide bonds. The molecular formula is C13H15N3O2. The molecule has 0 aliphatic heterocycles. The monoisotopic (exact) mass is 245 g/mol. The summed E-state index contributed by atoms with van der Waals surface area (Å²) >= 11 is 0. The van der Waals surface area contributed by atoms with Gasteiger partial charge in [0.05, 0.1) is 0 Å². The zero-order valence-electron chi connectivity index (χ0n) is 10.5. The van der Waals surface area contributed by atoms with Crippen molar-refractivity contribution in [2.75, 3.05) is 13.1 Å². The number of nitrogens with zero attached hydrogens (tertiary/aromatic N) is 3. The standard InChI is InChI=1S/C13H15N3O2/c1-3-16(4-2)13(17)11-7-5-10(6-8-11)12-15-14-9-18-12/h5-9H,3-4H2,1-2H3. The Morgan fingerprint density at radius 2 is 1.89 bits per heavy atom. The quantitative estimate of drug-likeness (QED) is 0.828. The van der Waals surface area contributed by atoms with E-state index in [0.29, 0.717) is 24.5 Å². The first kappa shape index (κ1) is 12.3. The van der Waals surface area contributed by atoms with Gasteiger partial charge in [-0.15, -0.1) is 10.2 Å². The van der Waals surface area contributed by atoms with E-state index >= 15 is 0 Å². The predicted octanol–water partition coefficient (Wildman–Crippen LogP) is 2.22. The average molecular weight is 245 g/mol. The number of carbonyl (C=O) groups is 1. The van der Waals surface area contributed by atoms with Crippen LogP contribution in [0.3, 0.4) is 0 Å². The minimum atomic E-state index is 0.0390. The molecule has 0 aliphatic rings. The zero-order chi connectivity index (χ0) is 13.0. The van der Waals surface area contributed by atoms with Crippen molar-refractivity contribution in [3.8, 4) is 11.5 Å². The van der Waals surface area contributed by atoms with Gasteiger partial charge in [-0.2, -0.15) is 0 Å². The van der Waals surface area contributed by atoms with Crippen LogP contribution in [0.4, 0.5) is 0 Å². The molecular weight excluding hydrogens is 230 g/mol. The molecule has 0 saturated heterocycles. The van der Waals surface area contributed by atoms with Crippen molar-refractivity contribution < 1.29 is 9.21 Å². The summed E-state index contributed by atoms with van der Waals surface area (Å²) in [7, 11) is 0. The Kier molecular flexibility index (Phi) is 3.72. The summed E-state index contributed by atoms with van der Waals surface area (Å²) < 4.78 is 5.09. The van der Waals surface area contributed by atoms with Crippen molar-refractivity contribution in [1.82, 2.24) is 15.1 Å². The molecule has 0 aliphatic carbocycles. The zero-order valence-corrected chi connectivity index (χ0v) is 10.5. The highest BCUT2D eigenvalue weighted by atomic mass is 16.4. The number of benzene rings is 1. The lowest BCUT2D eigenvalue weighted by atomic mass is 10.1. The van der Waals surface area contributed by atoms with Gasteiger partial charge in [-0.1, -0.05) is 0 Å². The maximum Gasteiger partial charge on any atom is 0.253 e. The largest absolute Gasteiger partial charge is 0.423 e. The van der Waals surface area contributed by atoms with E-state index in [1.54, 1.807) is 17.0 Å². The summed E-state index contributed by atoms with van der Waals surface area (Å²) in [6.45, 7) is 5.35. The first-order valence-electron chi connectivity index (χ1n) is 5.92. The van der Waals surface area contributed by atoms with Crippen LogP contribution in [0.25, 0.3) is 11.5 Å². The molecule has 1 heterocycles. The summed E-state index contributed by atoms with van der Waals surface area (Å²) in [4.78, 5) is 13.9. The molecule has 5 nitrogen and oxygen atoms in total. The Hall–Kier alpha value is -2.17. The van der Waals surface area contributed by atoms with Gasteiger partial charge >= 0.3 is 0 Å². The van der Waals surface area contributed by atoms with Crippen molar-refractivity contribution >= 4 is 5.91 Å². The fraction of sp³-hybridized carbons (Fsp3) is 0.308. The molecule has 0 unspecified atom stereocenters. The Bertz CT molecular complexity index is 502. The number of carbonyl (C=O) groups excluding carboxylic acids is 1. The number of hydrogen-bond acceptors (Lipinski definition) is 4. The van der Waals surface area contributed by atoms with E-state index in [1.165, 1.54) is 6.39 Å². The van der Waals surface area contributed by atoms with Crippen molar-refractivity contribution in [1.29, 1.82) is 0 Å². The van der Waals surface area contributed by atoms with E-state index in [4.69, 9.17) is 4.42 Å². The topological polar surface area (TPSA) is 59.2 Å². The maximum absolute atomic E-state index is 12.1. The van der Waals surface area contributed by atoms with Crippen LogP contribution < -0.4 is 0 Å². The first-order valence-corrected chi connectivity index (χ1v) is 5.92. The molecule has 5 heteroatoms. The Morgan fingerprint density at radius 1 is 1.22 bits per heavy atom. The van der Waals surface area contributed by atoms with E-state index in [2.05, 4.69) is 10.2 Å². The molecule has 18 heavy (non-hydrogen) atoms. The summed E-state index contributed by atoms with van der Waals surface area (Å²) in [5.74, 6) is 0.494. The lowest BCUT2D eigenvalue weighted by Gasteiger charge is -2.18. The van der Waals surface area contributed by atoms with E-state index in [0.717, 1.165) is 5.56 Å².